The molecule has 1 fully saturated rings. The smallest absolute Gasteiger partial charge is 0.227 e. The molecule has 0 bridgehead atoms. The van der Waals surface area contributed by atoms with Gasteiger partial charge in [0.15, 0.2) is 0 Å². The molecule has 0 saturated heterocycles. The monoisotopic (exact) mass is 294 g/mol. The lowest BCUT2D eigenvalue weighted by Gasteiger charge is -2.19. The van der Waals surface area contributed by atoms with Gasteiger partial charge in [0.25, 0.3) is 0 Å². The molecule has 4 nitrogen and oxygen atoms in total. The fourth-order valence-electron chi connectivity index (χ4n) is 2.82. The third-order valence-corrected chi connectivity index (χ3v) is 3.96. The van der Waals surface area contributed by atoms with Crippen LogP contribution >= 0.6 is 0 Å². The summed E-state index contributed by atoms with van der Waals surface area (Å²) >= 11 is 0. The van der Waals surface area contributed by atoms with Crippen molar-refractivity contribution in [2.24, 2.45) is 17.6 Å². The molecule has 1 aromatic rings. The minimum Gasteiger partial charge on any atom is -0.491 e. The van der Waals surface area contributed by atoms with Crippen molar-refractivity contribution in [3.63, 3.8) is 0 Å². The molecule has 0 heterocycles. The van der Waals surface area contributed by atoms with Gasteiger partial charge in [0, 0.05) is 12.0 Å². The van der Waals surface area contributed by atoms with Gasteiger partial charge in [-0.2, -0.15) is 0 Å². The number of carbonyl (C=O) groups excluding carboxylic acids is 1. The van der Waals surface area contributed by atoms with Gasteiger partial charge in [-0.05, 0) is 43.9 Å². The Morgan fingerprint density at radius 3 is 3.00 bits per heavy atom. The largest absolute Gasteiger partial charge is 0.491 e. The molecule has 1 aliphatic carbocycles. The molecular formula is C16H23FN2O2. The van der Waals surface area contributed by atoms with Gasteiger partial charge < -0.3 is 15.8 Å². The van der Waals surface area contributed by atoms with Crippen LogP contribution in [0.25, 0.3) is 0 Å². The molecule has 0 spiro atoms. The predicted molar refractivity (Wildman–Crippen MR) is 80.7 cm³/mol. The molecule has 5 heteroatoms. The van der Waals surface area contributed by atoms with Crippen LogP contribution in [0.5, 0.6) is 5.75 Å². The molecule has 116 valence electrons. The number of nitrogens with two attached hydrogens (primary N) is 1. The van der Waals surface area contributed by atoms with Gasteiger partial charge in [-0.3, -0.25) is 4.79 Å². The molecule has 0 unspecified atom stereocenters. The maximum atomic E-state index is 13.3. The Hall–Kier alpha value is -1.62. The van der Waals surface area contributed by atoms with E-state index in [1.807, 2.05) is 6.92 Å². The van der Waals surface area contributed by atoms with Gasteiger partial charge in [0.05, 0.1) is 12.3 Å². The first-order valence-corrected chi connectivity index (χ1v) is 7.59. The molecule has 0 aromatic heterocycles. The van der Waals surface area contributed by atoms with E-state index in [9.17, 15) is 9.18 Å². The Bertz CT molecular complexity index is 493. The second kappa shape index (κ2) is 7.41. The minimum absolute atomic E-state index is 0.0455. The highest BCUT2D eigenvalue weighted by molar-refractivity contribution is 5.94. The average molecular weight is 294 g/mol. The van der Waals surface area contributed by atoms with Crippen LogP contribution in [0.3, 0.4) is 0 Å². The summed E-state index contributed by atoms with van der Waals surface area (Å²) < 4.78 is 18.8. The van der Waals surface area contributed by atoms with Gasteiger partial charge >= 0.3 is 0 Å². The van der Waals surface area contributed by atoms with Crippen LogP contribution < -0.4 is 15.8 Å². The summed E-state index contributed by atoms with van der Waals surface area (Å²) in [4.78, 5) is 12.4. The van der Waals surface area contributed by atoms with Crippen LogP contribution in [0.2, 0.25) is 0 Å². The van der Waals surface area contributed by atoms with E-state index in [1.54, 1.807) is 6.07 Å². The standard InChI is InChI=1S/C16H23FN2O2/c1-2-8-21-15-9-12(17)6-7-14(15)19-16(20)13-5-3-4-11(13)10-18/h6-7,9,11,13H,2-5,8,10,18H2,1H3,(H,19,20)/t11-,13-/m1/s1. The lowest BCUT2D eigenvalue weighted by molar-refractivity contribution is -0.120. The van der Waals surface area contributed by atoms with Crippen LogP contribution in [0.4, 0.5) is 10.1 Å². The Morgan fingerprint density at radius 1 is 1.48 bits per heavy atom. The number of carbonyl (C=O) groups is 1. The highest BCUT2D eigenvalue weighted by Gasteiger charge is 2.32. The first kappa shape index (κ1) is 15.8. The van der Waals surface area contributed by atoms with E-state index in [0.29, 0.717) is 24.6 Å². The molecule has 1 amide bonds. The van der Waals surface area contributed by atoms with Crippen molar-refractivity contribution < 1.29 is 13.9 Å². The molecule has 2 atom stereocenters. The first-order chi connectivity index (χ1) is 10.2. The number of halogens is 1. The molecule has 21 heavy (non-hydrogen) atoms. The number of benzene rings is 1. The number of hydrogen-bond donors (Lipinski definition) is 2. The van der Waals surface area contributed by atoms with Crippen molar-refractivity contribution in [1.82, 2.24) is 0 Å². The van der Waals surface area contributed by atoms with E-state index in [4.69, 9.17) is 10.5 Å². The average Bonchev–Trinajstić information content (AvgIpc) is 2.96. The maximum Gasteiger partial charge on any atom is 0.227 e. The Labute approximate surface area is 124 Å². The summed E-state index contributed by atoms with van der Waals surface area (Å²) in [6.45, 7) is 2.99. The first-order valence-electron chi connectivity index (χ1n) is 7.59. The maximum absolute atomic E-state index is 13.3. The summed E-state index contributed by atoms with van der Waals surface area (Å²) in [6.07, 6.45) is 3.71. The minimum atomic E-state index is -0.375. The van der Waals surface area contributed by atoms with Gasteiger partial charge in [-0.1, -0.05) is 13.3 Å². The van der Waals surface area contributed by atoms with E-state index in [0.717, 1.165) is 25.7 Å². The van der Waals surface area contributed by atoms with Gasteiger partial charge in [-0.25, -0.2) is 4.39 Å². The van der Waals surface area contributed by atoms with E-state index in [-0.39, 0.29) is 23.6 Å². The summed E-state index contributed by atoms with van der Waals surface area (Å²) in [5.74, 6) is 0.146. The van der Waals surface area contributed by atoms with Crippen LogP contribution in [0.1, 0.15) is 32.6 Å². The lowest BCUT2D eigenvalue weighted by Crippen LogP contribution is -2.29. The zero-order valence-corrected chi connectivity index (χ0v) is 12.4. The lowest BCUT2D eigenvalue weighted by atomic mass is 9.95. The number of amides is 1. The van der Waals surface area contributed by atoms with Crippen molar-refractivity contribution >= 4 is 11.6 Å². The fourth-order valence-corrected chi connectivity index (χ4v) is 2.82. The number of nitrogens with one attached hydrogen (secondary N) is 1. The van der Waals surface area contributed by atoms with Crippen LogP contribution in [0, 0.1) is 17.7 Å². The molecule has 0 aliphatic heterocycles. The van der Waals surface area contributed by atoms with Gasteiger partial charge in [0.1, 0.15) is 11.6 Å². The van der Waals surface area contributed by atoms with Gasteiger partial charge in [-0.15, -0.1) is 0 Å². The highest BCUT2D eigenvalue weighted by Crippen LogP contribution is 2.33. The van der Waals surface area contributed by atoms with E-state index in [2.05, 4.69) is 5.32 Å². The Kier molecular flexibility index (Phi) is 5.56. The van der Waals surface area contributed by atoms with E-state index in [1.165, 1.54) is 12.1 Å². The van der Waals surface area contributed by atoms with Crippen molar-refractivity contribution in [3.8, 4) is 5.75 Å². The predicted octanol–water partition coefficient (Wildman–Crippen LogP) is 2.93. The van der Waals surface area contributed by atoms with Crippen LogP contribution in [-0.2, 0) is 4.79 Å². The Balaban J connectivity index is 2.09. The topological polar surface area (TPSA) is 64.3 Å². The molecule has 2 rings (SSSR count). The normalized spacial score (nSPS) is 21.3. The Morgan fingerprint density at radius 2 is 2.29 bits per heavy atom. The molecule has 3 N–H and O–H groups in total. The van der Waals surface area contributed by atoms with E-state index < -0.39 is 0 Å². The van der Waals surface area contributed by atoms with Crippen molar-refractivity contribution in [3.05, 3.63) is 24.0 Å². The summed E-state index contributed by atoms with van der Waals surface area (Å²) in [5, 5.41) is 2.87. The quantitative estimate of drug-likeness (QED) is 0.848. The van der Waals surface area contributed by atoms with Crippen molar-refractivity contribution in [2.75, 3.05) is 18.5 Å². The SMILES string of the molecule is CCCOc1cc(F)ccc1NC(=O)[C@@H]1CCC[C@@H]1CN. The fraction of sp³-hybridized carbons (Fsp3) is 0.562. The highest BCUT2D eigenvalue weighted by atomic mass is 19.1. The molecular weight excluding hydrogens is 271 g/mol. The summed E-state index contributed by atoms with van der Waals surface area (Å²) in [7, 11) is 0. The van der Waals surface area contributed by atoms with Crippen molar-refractivity contribution in [1.29, 1.82) is 0 Å². The zero-order valence-electron chi connectivity index (χ0n) is 12.4. The third kappa shape index (κ3) is 3.94. The van der Waals surface area contributed by atoms with Crippen molar-refractivity contribution in [2.45, 2.75) is 32.6 Å². The number of rotatable bonds is 6. The summed E-state index contributed by atoms with van der Waals surface area (Å²) in [6, 6.07) is 4.18. The second-order valence-electron chi connectivity index (χ2n) is 5.51. The number of anilines is 1. The number of ether oxygens (including phenoxy) is 1. The van der Waals surface area contributed by atoms with Crippen LogP contribution in [0.15, 0.2) is 18.2 Å². The van der Waals surface area contributed by atoms with E-state index >= 15 is 0 Å². The molecule has 1 aliphatic rings. The molecule has 1 aromatic carbocycles. The summed E-state index contributed by atoms with van der Waals surface area (Å²) in [5.41, 5.74) is 6.24. The van der Waals surface area contributed by atoms with Crippen LogP contribution in [-0.4, -0.2) is 19.1 Å². The number of hydrogen-bond acceptors (Lipinski definition) is 3. The molecule has 1 saturated carbocycles. The second-order valence-corrected chi connectivity index (χ2v) is 5.51. The third-order valence-electron chi connectivity index (χ3n) is 3.96. The zero-order chi connectivity index (χ0) is 15.2. The van der Waals surface area contributed by atoms with Gasteiger partial charge in [0.2, 0.25) is 5.91 Å². The molecule has 0 radical (unpaired) electrons.